The van der Waals surface area contributed by atoms with Gasteiger partial charge in [-0.1, -0.05) is 63.8 Å². The lowest BCUT2D eigenvalue weighted by Gasteiger charge is -2.25. The van der Waals surface area contributed by atoms with Crippen LogP contribution in [0.1, 0.15) is 70.4 Å². The number of carboxylic acids is 1. The number of nitrogens with zero attached hydrogens (tertiary/aromatic N) is 1. The zero-order valence-corrected chi connectivity index (χ0v) is 21.7. The largest absolute Gasteiger partial charge is 0.497 e. The molecule has 0 aliphatic carbocycles. The summed E-state index contributed by atoms with van der Waals surface area (Å²) >= 11 is 0. The van der Waals surface area contributed by atoms with Crippen LogP contribution >= 0.6 is 0 Å². The first-order valence-corrected chi connectivity index (χ1v) is 12.7. The van der Waals surface area contributed by atoms with E-state index >= 15 is 0 Å². The van der Waals surface area contributed by atoms with Gasteiger partial charge in [-0.15, -0.1) is 0 Å². The standard InChI is InChI=1S/C29H41NO5/c1-5-7-8-9-10-18-30(27(31)22-24-14-12-15-25(21-24)34-4)19-17-23-13-11-16-26(20-23)35-29(3,6-2)28(32)33/h11-16,20-21H,5-10,17-19,22H2,1-4H3,(H,32,33). The third-order valence-electron chi connectivity index (χ3n) is 6.41. The van der Waals surface area contributed by atoms with E-state index in [-0.39, 0.29) is 5.91 Å². The lowest BCUT2D eigenvalue weighted by molar-refractivity contribution is -0.154. The minimum Gasteiger partial charge on any atom is -0.497 e. The van der Waals surface area contributed by atoms with E-state index in [1.54, 1.807) is 27.0 Å². The molecule has 0 aliphatic heterocycles. The first-order chi connectivity index (χ1) is 16.8. The van der Waals surface area contributed by atoms with Gasteiger partial charge in [0.05, 0.1) is 13.5 Å². The summed E-state index contributed by atoms with van der Waals surface area (Å²) in [5.41, 5.74) is 0.681. The van der Waals surface area contributed by atoms with Crippen molar-refractivity contribution in [3.05, 3.63) is 59.7 Å². The third-order valence-corrected chi connectivity index (χ3v) is 6.41. The Labute approximate surface area is 210 Å². The number of unbranched alkanes of at least 4 members (excludes halogenated alkanes) is 4. The summed E-state index contributed by atoms with van der Waals surface area (Å²) in [6.07, 6.45) is 7.07. The number of hydrogen-bond donors (Lipinski definition) is 1. The summed E-state index contributed by atoms with van der Waals surface area (Å²) in [6.45, 7) is 6.91. The maximum Gasteiger partial charge on any atom is 0.347 e. The molecule has 0 aromatic heterocycles. The molecule has 192 valence electrons. The van der Waals surface area contributed by atoms with Crippen LogP contribution in [0.4, 0.5) is 0 Å². The molecule has 6 nitrogen and oxygen atoms in total. The van der Waals surface area contributed by atoms with Gasteiger partial charge < -0.3 is 19.5 Å². The Bertz CT molecular complexity index is 944. The van der Waals surface area contributed by atoms with Crippen LogP contribution in [-0.2, 0) is 22.4 Å². The van der Waals surface area contributed by atoms with Gasteiger partial charge in [0.25, 0.3) is 0 Å². The SMILES string of the molecule is CCCCCCCN(CCc1cccc(OC(C)(CC)C(=O)O)c1)C(=O)Cc1cccc(OC)c1. The van der Waals surface area contributed by atoms with Crippen molar-refractivity contribution in [3.63, 3.8) is 0 Å². The number of hydrogen-bond acceptors (Lipinski definition) is 4. The van der Waals surface area contributed by atoms with Crippen LogP contribution in [0.2, 0.25) is 0 Å². The van der Waals surface area contributed by atoms with Crippen molar-refractivity contribution in [2.45, 2.75) is 77.7 Å². The number of carboxylic acid groups (broad SMARTS) is 1. The molecule has 2 aromatic carbocycles. The molecule has 35 heavy (non-hydrogen) atoms. The monoisotopic (exact) mass is 483 g/mol. The van der Waals surface area contributed by atoms with Gasteiger partial charge in [0, 0.05) is 13.1 Å². The highest BCUT2D eigenvalue weighted by molar-refractivity contribution is 5.79. The van der Waals surface area contributed by atoms with E-state index in [0.29, 0.717) is 31.6 Å². The Morgan fingerprint density at radius 1 is 0.914 bits per heavy atom. The number of aliphatic carboxylic acids is 1. The minimum atomic E-state index is -1.27. The van der Waals surface area contributed by atoms with Gasteiger partial charge in [0.1, 0.15) is 11.5 Å². The molecule has 0 heterocycles. The maximum absolute atomic E-state index is 13.2. The van der Waals surface area contributed by atoms with Crippen molar-refractivity contribution in [2.24, 2.45) is 0 Å². The number of amides is 1. The van der Waals surface area contributed by atoms with Crippen LogP contribution in [-0.4, -0.2) is 47.7 Å². The Morgan fingerprint density at radius 2 is 1.57 bits per heavy atom. The van der Waals surface area contributed by atoms with Crippen LogP contribution in [0.25, 0.3) is 0 Å². The average molecular weight is 484 g/mol. The Hall–Kier alpha value is -3.02. The van der Waals surface area contributed by atoms with Crippen LogP contribution in [0.3, 0.4) is 0 Å². The molecule has 0 aliphatic rings. The van der Waals surface area contributed by atoms with Crippen LogP contribution in [0, 0.1) is 0 Å². The molecule has 0 radical (unpaired) electrons. The fraction of sp³-hybridized carbons (Fsp3) is 0.517. The summed E-state index contributed by atoms with van der Waals surface area (Å²) in [6, 6.07) is 15.2. The molecular weight excluding hydrogens is 442 g/mol. The molecule has 1 amide bonds. The Morgan fingerprint density at radius 3 is 2.23 bits per heavy atom. The highest BCUT2D eigenvalue weighted by Crippen LogP contribution is 2.23. The van der Waals surface area contributed by atoms with E-state index in [1.807, 2.05) is 47.4 Å². The molecule has 1 N–H and O–H groups in total. The van der Waals surface area contributed by atoms with Crippen molar-refractivity contribution in [3.8, 4) is 11.5 Å². The Balaban J connectivity index is 2.07. The molecule has 1 unspecified atom stereocenters. The molecule has 0 fully saturated rings. The van der Waals surface area contributed by atoms with Crippen LogP contribution < -0.4 is 9.47 Å². The second-order valence-corrected chi connectivity index (χ2v) is 9.21. The number of benzene rings is 2. The molecule has 0 bridgehead atoms. The van der Waals surface area contributed by atoms with Crippen molar-refractivity contribution in [1.29, 1.82) is 0 Å². The molecular formula is C29H41NO5. The molecule has 0 saturated carbocycles. The normalized spacial score (nSPS) is 12.6. The lowest BCUT2D eigenvalue weighted by Crippen LogP contribution is -2.40. The highest BCUT2D eigenvalue weighted by Gasteiger charge is 2.33. The van der Waals surface area contributed by atoms with Gasteiger partial charge in [-0.05, 0) is 61.6 Å². The summed E-state index contributed by atoms with van der Waals surface area (Å²) in [5, 5.41) is 9.51. The van der Waals surface area contributed by atoms with Gasteiger partial charge in [0.15, 0.2) is 0 Å². The summed E-state index contributed by atoms with van der Waals surface area (Å²) < 4.78 is 11.1. The number of methoxy groups -OCH3 is 1. The van der Waals surface area contributed by atoms with Crippen molar-refractivity contribution < 1.29 is 24.2 Å². The molecule has 1 atom stereocenters. The second-order valence-electron chi connectivity index (χ2n) is 9.21. The van der Waals surface area contributed by atoms with Crippen molar-refractivity contribution in [2.75, 3.05) is 20.2 Å². The first-order valence-electron chi connectivity index (χ1n) is 12.7. The van der Waals surface area contributed by atoms with E-state index in [2.05, 4.69) is 6.92 Å². The van der Waals surface area contributed by atoms with E-state index in [0.717, 1.165) is 36.3 Å². The van der Waals surface area contributed by atoms with Gasteiger partial charge in [0.2, 0.25) is 11.5 Å². The topological polar surface area (TPSA) is 76.1 Å². The smallest absolute Gasteiger partial charge is 0.347 e. The molecule has 2 aromatic rings. The second kappa shape index (κ2) is 14.4. The van der Waals surface area contributed by atoms with E-state index < -0.39 is 11.6 Å². The summed E-state index contributed by atoms with van der Waals surface area (Å²) in [7, 11) is 1.63. The molecule has 0 spiro atoms. The Kier molecular flexibility index (Phi) is 11.6. The predicted octanol–water partition coefficient (Wildman–Crippen LogP) is 5.91. The van der Waals surface area contributed by atoms with Crippen LogP contribution in [0.15, 0.2) is 48.5 Å². The summed E-state index contributed by atoms with van der Waals surface area (Å²) in [4.78, 5) is 26.8. The number of rotatable bonds is 16. The van der Waals surface area contributed by atoms with Gasteiger partial charge in [-0.3, -0.25) is 4.79 Å². The third kappa shape index (κ3) is 9.27. The fourth-order valence-electron chi connectivity index (χ4n) is 3.89. The quantitative estimate of drug-likeness (QED) is 0.300. The van der Waals surface area contributed by atoms with Crippen molar-refractivity contribution >= 4 is 11.9 Å². The van der Waals surface area contributed by atoms with E-state index in [9.17, 15) is 14.7 Å². The number of carbonyl (C=O) groups is 2. The van der Waals surface area contributed by atoms with Crippen LogP contribution in [0.5, 0.6) is 11.5 Å². The van der Waals surface area contributed by atoms with Gasteiger partial charge in [-0.2, -0.15) is 0 Å². The van der Waals surface area contributed by atoms with E-state index in [4.69, 9.17) is 9.47 Å². The summed E-state index contributed by atoms with van der Waals surface area (Å²) in [5.74, 6) is 0.398. The highest BCUT2D eigenvalue weighted by atomic mass is 16.5. The minimum absolute atomic E-state index is 0.102. The lowest BCUT2D eigenvalue weighted by atomic mass is 10.0. The van der Waals surface area contributed by atoms with E-state index in [1.165, 1.54) is 19.3 Å². The molecule has 6 heteroatoms. The van der Waals surface area contributed by atoms with Crippen molar-refractivity contribution in [1.82, 2.24) is 4.90 Å². The first kappa shape index (κ1) is 28.2. The predicted molar refractivity (Wildman–Crippen MR) is 139 cm³/mol. The maximum atomic E-state index is 13.2. The fourth-order valence-corrected chi connectivity index (χ4v) is 3.89. The number of ether oxygens (including phenoxy) is 2. The zero-order valence-electron chi connectivity index (χ0n) is 21.7. The van der Waals surface area contributed by atoms with Gasteiger partial charge in [-0.25, -0.2) is 4.79 Å². The van der Waals surface area contributed by atoms with Gasteiger partial charge >= 0.3 is 5.97 Å². The molecule has 0 saturated heterocycles. The average Bonchev–Trinajstić information content (AvgIpc) is 2.85. The zero-order chi connectivity index (χ0) is 25.7. The number of carbonyl (C=O) groups excluding carboxylic acids is 1. The molecule has 2 rings (SSSR count).